The molecule has 1 aromatic carbocycles. The van der Waals surface area contributed by atoms with Gasteiger partial charge in [0.2, 0.25) is 10.0 Å². The van der Waals surface area contributed by atoms with Crippen LogP contribution in [-0.2, 0) is 23.1 Å². The van der Waals surface area contributed by atoms with E-state index in [1.807, 2.05) is 17.5 Å². The van der Waals surface area contributed by atoms with Gasteiger partial charge in [0.25, 0.3) is 5.91 Å². The Morgan fingerprint density at radius 1 is 1.17 bits per heavy atom. The zero-order valence-corrected chi connectivity index (χ0v) is 18.7. The highest BCUT2D eigenvalue weighted by Crippen LogP contribution is 2.17. The Balaban J connectivity index is 1.76. The molecule has 2 aromatic heterocycles. The minimum absolute atomic E-state index is 0.189. The van der Waals surface area contributed by atoms with Gasteiger partial charge in [-0.15, -0.1) is 11.3 Å². The highest BCUT2D eigenvalue weighted by molar-refractivity contribution is 7.89. The number of nitrogens with one attached hydrogen (secondary N) is 1. The Kier molecular flexibility index (Phi) is 6.37. The molecule has 0 aliphatic heterocycles. The Bertz CT molecular complexity index is 1160. The summed E-state index contributed by atoms with van der Waals surface area (Å²) in [6, 6.07) is 10.2. The number of thiophene rings is 1. The van der Waals surface area contributed by atoms with Gasteiger partial charge in [0.05, 0.1) is 18.0 Å². The standard InChI is InChI=1S/C19H21N3O4S3/c1-13-17(18(23)20-11-15-5-4-10-27-15)28-19(24)22(13)12-14-6-8-16(9-7-14)29(25,26)21(2)3/h4-10H,11-12H2,1-3H3,(H,20,23). The summed E-state index contributed by atoms with van der Waals surface area (Å²) in [4.78, 5) is 26.3. The van der Waals surface area contributed by atoms with Crippen LogP contribution >= 0.6 is 22.7 Å². The van der Waals surface area contributed by atoms with E-state index in [1.165, 1.54) is 30.8 Å². The Morgan fingerprint density at radius 3 is 2.45 bits per heavy atom. The quantitative estimate of drug-likeness (QED) is 0.598. The highest BCUT2D eigenvalue weighted by Gasteiger charge is 2.19. The van der Waals surface area contributed by atoms with Crippen molar-refractivity contribution in [2.24, 2.45) is 0 Å². The van der Waals surface area contributed by atoms with Crippen LogP contribution in [0, 0.1) is 6.92 Å². The van der Waals surface area contributed by atoms with Crippen LogP contribution < -0.4 is 10.2 Å². The minimum Gasteiger partial charge on any atom is -0.346 e. The third kappa shape index (κ3) is 4.67. The minimum atomic E-state index is -3.50. The molecule has 7 nitrogen and oxygen atoms in total. The van der Waals surface area contributed by atoms with Gasteiger partial charge in [-0.2, -0.15) is 0 Å². The van der Waals surface area contributed by atoms with E-state index in [0.717, 1.165) is 26.1 Å². The van der Waals surface area contributed by atoms with Crippen molar-refractivity contribution in [2.45, 2.75) is 24.9 Å². The van der Waals surface area contributed by atoms with Crippen molar-refractivity contribution in [3.05, 3.63) is 72.5 Å². The largest absolute Gasteiger partial charge is 0.346 e. The molecule has 3 rings (SSSR count). The average Bonchev–Trinajstić information content (AvgIpc) is 3.30. The SMILES string of the molecule is Cc1c(C(=O)NCc2cccs2)sc(=O)n1Cc1ccc(S(=O)(=O)N(C)C)cc1. The van der Waals surface area contributed by atoms with E-state index in [2.05, 4.69) is 5.32 Å². The lowest BCUT2D eigenvalue weighted by atomic mass is 10.2. The second-order valence-electron chi connectivity index (χ2n) is 6.56. The van der Waals surface area contributed by atoms with Gasteiger partial charge < -0.3 is 5.32 Å². The van der Waals surface area contributed by atoms with Gasteiger partial charge in [-0.3, -0.25) is 14.2 Å². The van der Waals surface area contributed by atoms with Crippen LogP contribution in [0.25, 0.3) is 0 Å². The van der Waals surface area contributed by atoms with Crippen molar-refractivity contribution < 1.29 is 13.2 Å². The van der Waals surface area contributed by atoms with Crippen LogP contribution in [-0.4, -0.2) is 37.3 Å². The number of benzene rings is 1. The Labute approximate surface area is 177 Å². The van der Waals surface area contributed by atoms with E-state index in [0.29, 0.717) is 17.1 Å². The molecule has 0 saturated heterocycles. The van der Waals surface area contributed by atoms with Gasteiger partial charge in [0.1, 0.15) is 4.88 Å². The third-order valence-corrected chi connectivity index (χ3v) is 8.18. The number of thiazole rings is 1. The molecule has 0 fully saturated rings. The number of nitrogens with zero attached hydrogens (tertiary/aromatic N) is 2. The zero-order chi connectivity index (χ0) is 21.2. The number of carbonyl (C=O) groups excluding carboxylic acids is 1. The monoisotopic (exact) mass is 451 g/mol. The maximum absolute atomic E-state index is 12.5. The predicted molar refractivity (Wildman–Crippen MR) is 115 cm³/mol. The Hall–Kier alpha value is -2.27. The second-order valence-corrected chi connectivity index (χ2v) is 10.7. The first-order valence-corrected chi connectivity index (χ1v) is 11.9. The fraction of sp³-hybridized carbons (Fsp3) is 0.263. The van der Waals surface area contributed by atoms with Gasteiger partial charge in [-0.25, -0.2) is 12.7 Å². The van der Waals surface area contributed by atoms with Crippen molar-refractivity contribution in [3.8, 4) is 0 Å². The Morgan fingerprint density at radius 2 is 1.86 bits per heavy atom. The fourth-order valence-electron chi connectivity index (χ4n) is 2.69. The van der Waals surface area contributed by atoms with Crippen LogP contribution in [0.3, 0.4) is 0 Å². The number of rotatable bonds is 7. The molecule has 2 heterocycles. The molecule has 0 spiro atoms. The lowest BCUT2D eigenvalue weighted by Crippen LogP contribution is -2.23. The average molecular weight is 452 g/mol. The molecule has 0 aliphatic rings. The van der Waals surface area contributed by atoms with Crippen LogP contribution in [0.1, 0.15) is 25.8 Å². The predicted octanol–water partition coefficient (Wildman–Crippen LogP) is 2.51. The summed E-state index contributed by atoms with van der Waals surface area (Å²) >= 11 is 2.47. The zero-order valence-electron chi connectivity index (χ0n) is 16.2. The van der Waals surface area contributed by atoms with Crippen molar-refractivity contribution in [2.75, 3.05) is 14.1 Å². The number of sulfonamides is 1. The number of hydrogen-bond acceptors (Lipinski definition) is 6. The molecule has 10 heteroatoms. The maximum atomic E-state index is 12.5. The van der Waals surface area contributed by atoms with Crippen molar-refractivity contribution in [1.29, 1.82) is 0 Å². The lowest BCUT2D eigenvalue weighted by molar-refractivity contribution is 0.0954. The molecule has 0 unspecified atom stereocenters. The molecule has 0 atom stereocenters. The summed E-state index contributed by atoms with van der Waals surface area (Å²) in [7, 11) is -0.551. The van der Waals surface area contributed by atoms with E-state index in [-0.39, 0.29) is 22.2 Å². The molecule has 0 saturated carbocycles. The smallest absolute Gasteiger partial charge is 0.308 e. The highest BCUT2D eigenvalue weighted by atomic mass is 32.2. The topological polar surface area (TPSA) is 88.5 Å². The van der Waals surface area contributed by atoms with E-state index in [4.69, 9.17) is 0 Å². The molecule has 0 aliphatic carbocycles. The van der Waals surface area contributed by atoms with Crippen LogP contribution in [0.5, 0.6) is 0 Å². The van der Waals surface area contributed by atoms with Gasteiger partial charge in [0.15, 0.2) is 0 Å². The lowest BCUT2D eigenvalue weighted by Gasteiger charge is -2.12. The number of hydrogen-bond donors (Lipinski definition) is 1. The number of amides is 1. The number of carbonyl (C=O) groups is 1. The molecule has 29 heavy (non-hydrogen) atoms. The first-order valence-electron chi connectivity index (χ1n) is 8.72. The summed E-state index contributed by atoms with van der Waals surface area (Å²) in [6.07, 6.45) is 0. The third-order valence-electron chi connectivity index (χ3n) is 4.40. The summed E-state index contributed by atoms with van der Waals surface area (Å²) in [5.74, 6) is -0.274. The van der Waals surface area contributed by atoms with E-state index in [1.54, 1.807) is 30.4 Å². The molecule has 3 aromatic rings. The van der Waals surface area contributed by atoms with Gasteiger partial charge >= 0.3 is 4.87 Å². The van der Waals surface area contributed by atoms with Crippen LogP contribution in [0.2, 0.25) is 0 Å². The molecule has 1 N–H and O–H groups in total. The molecule has 154 valence electrons. The maximum Gasteiger partial charge on any atom is 0.308 e. The van der Waals surface area contributed by atoms with E-state index < -0.39 is 10.0 Å². The van der Waals surface area contributed by atoms with E-state index in [9.17, 15) is 18.0 Å². The summed E-state index contributed by atoms with van der Waals surface area (Å²) in [6.45, 7) is 2.42. The molecule has 0 bridgehead atoms. The summed E-state index contributed by atoms with van der Waals surface area (Å²) in [5, 5.41) is 4.78. The van der Waals surface area contributed by atoms with Crippen molar-refractivity contribution in [1.82, 2.24) is 14.2 Å². The van der Waals surface area contributed by atoms with Gasteiger partial charge in [-0.05, 0) is 36.1 Å². The van der Waals surface area contributed by atoms with Crippen molar-refractivity contribution >= 4 is 38.6 Å². The molecular formula is C19H21N3O4S3. The molecular weight excluding hydrogens is 430 g/mol. The first-order chi connectivity index (χ1) is 13.7. The molecule has 0 radical (unpaired) electrons. The van der Waals surface area contributed by atoms with Crippen LogP contribution in [0.4, 0.5) is 0 Å². The summed E-state index contributed by atoms with van der Waals surface area (Å²) in [5.41, 5.74) is 1.37. The van der Waals surface area contributed by atoms with Gasteiger partial charge in [0, 0.05) is 24.7 Å². The van der Waals surface area contributed by atoms with Crippen molar-refractivity contribution in [3.63, 3.8) is 0 Å². The normalized spacial score (nSPS) is 11.7. The molecule has 1 amide bonds. The summed E-state index contributed by atoms with van der Waals surface area (Å²) < 4.78 is 27.0. The van der Waals surface area contributed by atoms with E-state index >= 15 is 0 Å². The first kappa shape index (κ1) is 21.4. The second kappa shape index (κ2) is 8.62. The van der Waals surface area contributed by atoms with Crippen LogP contribution in [0.15, 0.2) is 51.5 Å². The van der Waals surface area contributed by atoms with Gasteiger partial charge in [-0.1, -0.05) is 29.5 Å². The fourth-order valence-corrected chi connectivity index (χ4v) is 5.15. The number of aromatic nitrogens is 1.